The highest BCUT2D eigenvalue weighted by Gasteiger charge is 2.52. The maximum atomic E-state index is 12.6. The van der Waals surface area contributed by atoms with E-state index in [9.17, 15) is 9.59 Å². The van der Waals surface area contributed by atoms with Crippen LogP contribution in [0.2, 0.25) is 5.02 Å². The first kappa shape index (κ1) is 13.4. The van der Waals surface area contributed by atoms with Crippen LogP contribution in [-0.4, -0.2) is 48.0 Å². The Balaban J connectivity index is 2.03. The Kier molecular flexibility index (Phi) is 3.18. The molecule has 6 heteroatoms. The van der Waals surface area contributed by atoms with E-state index in [0.717, 1.165) is 5.69 Å². The molecule has 5 nitrogen and oxygen atoms in total. The second kappa shape index (κ2) is 4.75. The third-order valence-electron chi connectivity index (χ3n) is 3.82. The Morgan fingerprint density at radius 2 is 1.85 bits per heavy atom. The summed E-state index contributed by atoms with van der Waals surface area (Å²) in [4.78, 5) is 29.9. The van der Waals surface area contributed by atoms with Gasteiger partial charge in [0, 0.05) is 17.1 Å². The van der Waals surface area contributed by atoms with Crippen LogP contribution in [0.3, 0.4) is 0 Å². The van der Waals surface area contributed by atoms with Crippen molar-refractivity contribution in [1.82, 2.24) is 9.80 Å². The molecule has 0 N–H and O–H groups in total. The van der Waals surface area contributed by atoms with E-state index in [1.807, 2.05) is 31.1 Å². The average molecular weight is 294 g/mol. The third-order valence-corrected chi connectivity index (χ3v) is 4.08. The van der Waals surface area contributed by atoms with E-state index in [4.69, 9.17) is 11.6 Å². The van der Waals surface area contributed by atoms with E-state index in [1.165, 1.54) is 0 Å². The zero-order valence-corrected chi connectivity index (χ0v) is 12.2. The number of benzene rings is 1. The lowest BCUT2D eigenvalue weighted by atomic mass is 10.2. The summed E-state index contributed by atoms with van der Waals surface area (Å²) in [6, 6.07) is 6.79. The fourth-order valence-corrected chi connectivity index (χ4v) is 3.10. The predicted octanol–water partition coefficient (Wildman–Crippen LogP) is 1.52. The second-order valence-electron chi connectivity index (χ2n) is 5.35. The van der Waals surface area contributed by atoms with Crippen molar-refractivity contribution in [3.63, 3.8) is 0 Å². The lowest BCUT2D eigenvalue weighted by molar-refractivity contribution is -0.133. The normalized spacial score (nSPS) is 25.8. The molecule has 0 aromatic heterocycles. The van der Waals surface area contributed by atoms with E-state index in [-0.39, 0.29) is 24.1 Å². The van der Waals surface area contributed by atoms with Crippen LogP contribution in [0.5, 0.6) is 0 Å². The summed E-state index contributed by atoms with van der Waals surface area (Å²) >= 11 is 5.89. The van der Waals surface area contributed by atoms with Gasteiger partial charge in [0.15, 0.2) is 6.29 Å². The highest BCUT2D eigenvalue weighted by atomic mass is 35.5. The molecule has 0 saturated carbocycles. The quantitative estimate of drug-likeness (QED) is 0.830. The monoisotopic (exact) mass is 293 g/mol. The maximum absolute atomic E-state index is 12.6. The number of nitrogens with zero attached hydrogens (tertiary/aromatic N) is 3. The molecule has 0 bridgehead atoms. The van der Waals surface area contributed by atoms with Crippen LogP contribution in [0.15, 0.2) is 24.3 Å². The van der Waals surface area contributed by atoms with Crippen molar-refractivity contribution in [2.24, 2.45) is 0 Å². The van der Waals surface area contributed by atoms with Crippen molar-refractivity contribution in [1.29, 1.82) is 0 Å². The number of carbonyl (C=O) groups is 2. The number of carbonyl (C=O) groups excluding carboxylic acids is 2. The van der Waals surface area contributed by atoms with Gasteiger partial charge in [-0.25, -0.2) is 0 Å². The number of hydrogen-bond acceptors (Lipinski definition) is 3. The molecule has 0 aliphatic carbocycles. The van der Waals surface area contributed by atoms with Crippen LogP contribution >= 0.6 is 11.6 Å². The molecular weight excluding hydrogens is 278 g/mol. The molecule has 0 radical (unpaired) electrons. The molecule has 106 valence electrons. The van der Waals surface area contributed by atoms with Gasteiger partial charge in [0.05, 0.1) is 0 Å². The highest BCUT2D eigenvalue weighted by molar-refractivity contribution is 6.30. The van der Waals surface area contributed by atoms with Crippen LogP contribution < -0.4 is 4.90 Å². The molecule has 1 aromatic carbocycles. The minimum Gasteiger partial charge on any atom is -0.297 e. The molecule has 1 aromatic rings. The van der Waals surface area contributed by atoms with E-state index >= 15 is 0 Å². The van der Waals surface area contributed by atoms with E-state index in [0.29, 0.717) is 17.9 Å². The summed E-state index contributed by atoms with van der Waals surface area (Å²) in [7, 11) is 3.74. The van der Waals surface area contributed by atoms with Crippen molar-refractivity contribution >= 4 is 29.1 Å². The fraction of sp³-hybridized carbons (Fsp3) is 0.429. The predicted molar refractivity (Wildman–Crippen MR) is 76.3 cm³/mol. The van der Waals surface area contributed by atoms with Gasteiger partial charge in [-0.2, -0.15) is 0 Å². The van der Waals surface area contributed by atoms with Crippen LogP contribution in [0, 0.1) is 0 Å². The number of halogens is 1. The SMILES string of the molecule is CN(C)[C@H]1N(c2ccc(Cl)cc2)C(=O)[C@H]2CCC(=O)N21. The Hall–Kier alpha value is -1.59. The number of hydrogen-bond donors (Lipinski definition) is 0. The molecule has 20 heavy (non-hydrogen) atoms. The standard InChI is InChI=1S/C14H16ClN3O2/c1-16(2)14-17(10-5-3-9(15)4-6-10)13(20)11-7-8-12(19)18(11)14/h3-6,11,14H,7-8H2,1-2H3/t11-,14+/m1/s1. The van der Waals surface area contributed by atoms with Gasteiger partial charge in [0.1, 0.15) is 6.04 Å². The van der Waals surface area contributed by atoms with Gasteiger partial charge < -0.3 is 0 Å². The average Bonchev–Trinajstić information content (AvgIpc) is 2.91. The van der Waals surface area contributed by atoms with Crippen molar-refractivity contribution in [2.75, 3.05) is 19.0 Å². The van der Waals surface area contributed by atoms with Gasteiger partial charge in [0.25, 0.3) is 5.91 Å². The molecule has 2 atom stereocenters. The molecular formula is C14H16ClN3O2. The first-order valence-corrected chi connectivity index (χ1v) is 6.95. The molecule has 2 amide bonds. The first-order valence-electron chi connectivity index (χ1n) is 6.57. The van der Waals surface area contributed by atoms with Gasteiger partial charge in [-0.1, -0.05) is 11.6 Å². The minimum atomic E-state index is -0.358. The molecule has 0 spiro atoms. The summed E-state index contributed by atoms with van der Waals surface area (Å²) < 4.78 is 0. The second-order valence-corrected chi connectivity index (χ2v) is 5.79. The largest absolute Gasteiger partial charge is 0.297 e. The van der Waals surface area contributed by atoms with Crippen molar-refractivity contribution in [3.8, 4) is 0 Å². The van der Waals surface area contributed by atoms with E-state index in [2.05, 4.69) is 0 Å². The Morgan fingerprint density at radius 3 is 2.45 bits per heavy atom. The molecule has 2 fully saturated rings. The van der Waals surface area contributed by atoms with Gasteiger partial charge in [0.2, 0.25) is 5.91 Å². The number of rotatable bonds is 2. The third kappa shape index (κ3) is 1.89. The van der Waals surface area contributed by atoms with Crippen LogP contribution in [-0.2, 0) is 9.59 Å². The van der Waals surface area contributed by atoms with Crippen LogP contribution in [0.4, 0.5) is 5.69 Å². The highest BCUT2D eigenvalue weighted by Crippen LogP contribution is 2.35. The fourth-order valence-electron chi connectivity index (χ4n) is 2.98. The molecule has 2 aliphatic heterocycles. The first-order chi connectivity index (χ1) is 9.50. The summed E-state index contributed by atoms with van der Waals surface area (Å²) in [5.74, 6) is 0.0235. The topological polar surface area (TPSA) is 43.9 Å². The Labute approximate surface area is 122 Å². The van der Waals surface area contributed by atoms with Crippen molar-refractivity contribution < 1.29 is 9.59 Å². The van der Waals surface area contributed by atoms with Gasteiger partial charge >= 0.3 is 0 Å². The minimum absolute atomic E-state index is 0.0168. The van der Waals surface area contributed by atoms with Crippen LogP contribution in [0.1, 0.15) is 12.8 Å². The molecule has 3 rings (SSSR count). The number of amides is 2. The van der Waals surface area contributed by atoms with Crippen molar-refractivity contribution in [3.05, 3.63) is 29.3 Å². The van der Waals surface area contributed by atoms with Gasteiger partial charge in [-0.05, 0) is 44.8 Å². The van der Waals surface area contributed by atoms with Gasteiger partial charge in [-0.3, -0.25) is 24.3 Å². The summed E-state index contributed by atoms with van der Waals surface area (Å²) in [5.41, 5.74) is 0.764. The number of anilines is 1. The summed E-state index contributed by atoms with van der Waals surface area (Å²) in [6.45, 7) is 0. The lowest BCUT2D eigenvalue weighted by Crippen LogP contribution is -2.51. The smallest absolute Gasteiger partial charge is 0.252 e. The summed E-state index contributed by atoms with van der Waals surface area (Å²) in [5, 5.41) is 0.623. The lowest BCUT2D eigenvalue weighted by Gasteiger charge is -2.34. The van der Waals surface area contributed by atoms with Crippen molar-refractivity contribution in [2.45, 2.75) is 25.2 Å². The molecule has 0 unspecified atom stereocenters. The van der Waals surface area contributed by atoms with E-state index < -0.39 is 0 Å². The zero-order valence-electron chi connectivity index (χ0n) is 11.4. The maximum Gasteiger partial charge on any atom is 0.252 e. The van der Waals surface area contributed by atoms with E-state index in [1.54, 1.807) is 21.9 Å². The zero-order chi connectivity index (χ0) is 14.4. The molecule has 2 aliphatic rings. The van der Waals surface area contributed by atoms with Gasteiger partial charge in [-0.15, -0.1) is 0 Å². The summed E-state index contributed by atoms with van der Waals surface area (Å²) in [6.07, 6.45) is 0.699. The number of fused-ring (bicyclic) bond motifs is 1. The Bertz CT molecular complexity index is 558. The Morgan fingerprint density at radius 1 is 1.20 bits per heavy atom. The molecule has 2 saturated heterocycles. The van der Waals surface area contributed by atoms with Crippen LogP contribution in [0.25, 0.3) is 0 Å². The molecule has 2 heterocycles.